The number of ether oxygens (including phenoxy) is 1. The Hall–Kier alpha value is -2.59. The Bertz CT molecular complexity index is 852. The van der Waals surface area contributed by atoms with E-state index in [4.69, 9.17) is 4.74 Å². The third-order valence-corrected chi connectivity index (χ3v) is 4.30. The summed E-state index contributed by atoms with van der Waals surface area (Å²) in [6.45, 7) is 7.97. The molecule has 0 atom stereocenters. The van der Waals surface area contributed by atoms with Crippen molar-refractivity contribution in [1.82, 2.24) is 9.97 Å². The zero-order valence-corrected chi connectivity index (χ0v) is 17.1. The number of nitrogens with zero attached hydrogens (tertiary/aromatic N) is 3. The first-order chi connectivity index (χ1) is 12.8. The van der Waals surface area contributed by atoms with Gasteiger partial charge in [0.1, 0.15) is 24.1 Å². The van der Waals surface area contributed by atoms with Crippen LogP contribution in [0.3, 0.4) is 0 Å². The van der Waals surface area contributed by atoms with Gasteiger partial charge >= 0.3 is 5.97 Å². The van der Waals surface area contributed by atoms with Crippen LogP contribution >= 0.6 is 11.8 Å². The number of thioether (sulfide) groups is 1. The van der Waals surface area contributed by atoms with E-state index in [-0.39, 0.29) is 12.6 Å². The van der Waals surface area contributed by atoms with Crippen molar-refractivity contribution in [2.45, 2.75) is 32.9 Å². The summed E-state index contributed by atoms with van der Waals surface area (Å²) in [7, 11) is 0. The molecule has 0 radical (unpaired) electrons. The van der Waals surface area contributed by atoms with Gasteiger partial charge in [-0.1, -0.05) is 41.6 Å². The van der Waals surface area contributed by atoms with Crippen LogP contribution in [0.25, 0.3) is 11.3 Å². The number of aromatic nitrogens is 2. The Labute approximate surface area is 164 Å². The van der Waals surface area contributed by atoms with Gasteiger partial charge in [-0.3, -0.25) is 4.79 Å². The fraction of sp³-hybridized carbons (Fsp3) is 0.400. The van der Waals surface area contributed by atoms with Crippen LogP contribution in [0, 0.1) is 23.7 Å². The van der Waals surface area contributed by atoms with Crippen LogP contribution in [0.2, 0.25) is 0 Å². The first-order valence-electron chi connectivity index (χ1n) is 8.60. The first-order valence-corrected chi connectivity index (χ1v) is 9.83. The highest BCUT2D eigenvalue weighted by Crippen LogP contribution is 2.28. The average Bonchev–Trinajstić information content (AvgIpc) is 2.64. The van der Waals surface area contributed by atoms with Gasteiger partial charge in [-0.05, 0) is 34.0 Å². The molecule has 0 aliphatic rings. The van der Waals surface area contributed by atoms with Crippen molar-refractivity contribution in [2.24, 2.45) is 5.41 Å². The highest BCUT2D eigenvalue weighted by Gasteiger charge is 2.23. The number of hydrogen-bond donors (Lipinski definition) is 1. The number of nitrogens with one attached hydrogen (secondary N) is 1. The Morgan fingerprint density at radius 3 is 2.48 bits per heavy atom. The monoisotopic (exact) mass is 384 g/mol. The largest absolute Gasteiger partial charge is 0.463 e. The van der Waals surface area contributed by atoms with Crippen LogP contribution in [0.15, 0.2) is 29.4 Å². The van der Waals surface area contributed by atoms with E-state index in [1.165, 1.54) is 11.8 Å². The third-order valence-electron chi connectivity index (χ3n) is 3.75. The van der Waals surface area contributed by atoms with Crippen molar-refractivity contribution >= 4 is 23.5 Å². The molecule has 0 aliphatic heterocycles. The van der Waals surface area contributed by atoms with Gasteiger partial charge in [-0.25, -0.2) is 9.97 Å². The highest BCUT2D eigenvalue weighted by atomic mass is 32.2. The van der Waals surface area contributed by atoms with E-state index in [1.807, 2.05) is 37.4 Å². The van der Waals surface area contributed by atoms with Crippen molar-refractivity contribution < 1.29 is 9.53 Å². The van der Waals surface area contributed by atoms with Gasteiger partial charge in [0, 0.05) is 5.56 Å². The van der Waals surface area contributed by atoms with Crippen LogP contribution in [-0.2, 0) is 9.53 Å². The Balaban J connectivity index is 2.23. The summed E-state index contributed by atoms with van der Waals surface area (Å²) in [5.41, 5.74) is 2.41. The van der Waals surface area contributed by atoms with E-state index in [1.54, 1.807) is 20.8 Å². The number of carbonyl (C=O) groups excluding carboxylic acids is 1. The van der Waals surface area contributed by atoms with Gasteiger partial charge in [0.2, 0.25) is 0 Å². The fourth-order valence-electron chi connectivity index (χ4n) is 2.22. The van der Waals surface area contributed by atoms with E-state index in [0.717, 1.165) is 11.1 Å². The number of carbonyl (C=O) groups is 1. The maximum atomic E-state index is 11.8. The number of anilines is 1. The molecule has 7 heteroatoms. The smallest absolute Gasteiger partial charge is 0.311 e. The summed E-state index contributed by atoms with van der Waals surface area (Å²) < 4.78 is 5.25. The molecule has 0 unspecified atom stereocenters. The van der Waals surface area contributed by atoms with E-state index < -0.39 is 5.41 Å². The summed E-state index contributed by atoms with van der Waals surface area (Å²) >= 11 is 1.40. The number of rotatable bonds is 6. The van der Waals surface area contributed by atoms with E-state index in [2.05, 4.69) is 21.4 Å². The van der Waals surface area contributed by atoms with Crippen molar-refractivity contribution in [3.8, 4) is 17.3 Å². The minimum atomic E-state index is -0.544. The summed E-state index contributed by atoms with van der Waals surface area (Å²) in [6.07, 6.45) is 1.88. The Morgan fingerprint density at radius 2 is 1.93 bits per heavy atom. The molecule has 2 aromatic rings. The molecular formula is C20H24N4O2S. The maximum absolute atomic E-state index is 11.8. The van der Waals surface area contributed by atoms with Crippen LogP contribution in [0.5, 0.6) is 0 Å². The van der Waals surface area contributed by atoms with Crippen LogP contribution < -0.4 is 5.32 Å². The molecule has 2 rings (SSSR count). The van der Waals surface area contributed by atoms with Gasteiger partial charge in [-0.2, -0.15) is 5.26 Å². The molecule has 1 heterocycles. The van der Waals surface area contributed by atoms with Gasteiger partial charge in [0.25, 0.3) is 0 Å². The Kier molecular flexibility index (Phi) is 6.81. The van der Waals surface area contributed by atoms with Crippen LogP contribution in [0.1, 0.15) is 31.9 Å². The Morgan fingerprint density at radius 1 is 1.26 bits per heavy atom. The first kappa shape index (κ1) is 20.7. The summed E-state index contributed by atoms with van der Waals surface area (Å²) in [5.74, 6) is 0.178. The summed E-state index contributed by atoms with van der Waals surface area (Å²) in [4.78, 5) is 20.8. The van der Waals surface area contributed by atoms with Crippen LogP contribution in [0.4, 0.5) is 5.82 Å². The van der Waals surface area contributed by atoms with Crippen molar-refractivity contribution in [3.63, 3.8) is 0 Å². The standard InChI is InChI=1S/C20H24N4O2S/c1-13-6-8-14(9-7-13)16-15(12-21)17(24-19(23-16)27-5)22-10-11-26-18(25)20(2,3)4/h6-9H,10-11H2,1-5H3,(H,22,23,24). The second-order valence-electron chi connectivity index (χ2n) is 7.07. The average molecular weight is 385 g/mol. The molecule has 27 heavy (non-hydrogen) atoms. The normalized spacial score (nSPS) is 11.0. The lowest BCUT2D eigenvalue weighted by Gasteiger charge is -2.17. The summed E-state index contributed by atoms with van der Waals surface area (Å²) in [6, 6.07) is 10.0. The lowest BCUT2D eigenvalue weighted by Crippen LogP contribution is -2.25. The van der Waals surface area contributed by atoms with Gasteiger partial charge < -0.3 is 10.1 Å². The highest BCUT2D eigenvalue weighted by molar-refractivity contribution is 7.98. The molecule has 0 amide bonds. The van der Waals surface area contributed by atoms with Crippen molar-refractivity contribution in [2.75, 3.05) is 24.7 Å². The molecular weight excluding hydrogens is 360 g/mol. The lowest BCUT2D eigenvalue weighted by molar-refractivity contribution is -0.152. The van der Waals surface area contributed by atoms with E-state index in [0.29, 0.717) is 28.8 Å². The molecule has 142 valence electrons. The zero-order valence-electron chi connectivity index (χ0n) is 16.3. The topological polar surface area (TPSA) is 87.9 Å². The maximum Gasteiger partial charge on any atom is 0.311 e. The number of benzene rings is 1. The number of hydrogen-bond acceptors (Lipinski definition) is 7. The van der Waals surface area contributed by atoms with Crippen molar-refractivity contribution in [1.29, 1.82) is 5.26 Å². The van der Waals surface area contributed by atoms with Gasteiger partial charge in [0.05, 0.1) is 17.7 Å². The minimum absolute atomic E-state index is 0.194. The molecule has 0 saturated carbocycles. The second kappa shape index (κ2) is 8.87. The summed E-state index contributed by atoms with van der Waals surface area (Å²) in [5, 5.41) is 13.3. The zero-order chi connectivity index (χ0) is 20.0. The molecule has 0 aliphatic carbocycles. The predicted molar refractivity (Wildman–Crippen MR) is 108 cm³/mol. The number of nitriles is 1. The second-order valence-corrected chi connectivity index (χ2v) is 7.85. The quantitative estimate of drug-likeness (QED) is 0.348. The molecule has 1 aromatic carbocycles. The molecule has 0 spiro atoms. The SMILES string of the molecule is CSc1nc(NCCOC(=O)C(C)(C)C)c(C#N)c(-c2ccc(C)cc2)n1. The number of esters is 1. The van der Waals surface area contributed by atoms with Gasteiger partial charge in [-0.15, -0.1) is 0 Å². The third kappa shape index (κ3) is 5.44. The molecule has 1 aromatic heterocycles. The minimum Gasteiger partial charge on any atom is -0.463 e. The molecule has 0 saturated heterocycles. The molecule has 6 nitrogen and oxygen atoms in total. The fourth-order valence-corrected chi connectivity index (χ4v) is 2.58. The number of aryl methyl sites for hydroxylation is 1. The lowest BCUT2D eigenvalue weighted by atomic mass is 9.97. The molecule has 0 bridgehead atoms. The van der Waals surface area contributed by atoms with Crippen molar-refractivity contribution in [3.05, 3.63) is 35.4 Å². The molecule has 1 N–H and O–H groups in total. The van der Waals surface area contributed by atoms with Gasteiger partial charge in [0.15, 0.2) is 5.16 Å². The van der Waals surface area contributed by atoms with E-state index >= 15 is 0 Å². The predicted octanol–water partition coefficient (Wildman–Crippen LogP) is 4.05. The van der Waals surface area contributed by atoms with E-state index in [9.17, 15) is 10.1 Å². The van der Waals surface area contributed by atoms with Crippen LogP contribution in [-0.4, -0.2) is 35.3 Å². The molecule has 0 fully saturated rings.